The van der Waals surface area contributed by atoms with Gasteiger partial charge in [-0.1, -0.05) is 61.0 Å². The first-order chi connectivity index (χ1) is 16.0. The Hall–Kier alpha value is -4.19. The highest BCUT2D eigenvalue weighted by Gasteiger charge is 2.24. The lowest BCUT2D eigenvalue weighted by atomic mass is 10.1. The molecule has 5 aromatic rings. The maximum Gasteiger partial charge on any atom is 0.257 e. The van der Waals surface area contributed by atoms with E-state index in [-0.39, 0.29) is 5.91 Å². The Morgan fingerprint density at radius 3 is 2.21 bits per heavy atom. The molecule has 3 aromatic carbocycles. The first-order valence-corrected chi connectivity index (χ1v) is 11.0. The number of carbonyl (C=O) groups excluding carboxylic acids is 1. The van der Waals surface area contributed by atoms with Gasteiger partial charge in [-0.15, -0.1) is 0 Å². The van der Waals surface area contributed by atoms with Crippen molar-refractivity contribution in [2.75, 3.05) is 5.73 Å². The van der Waals surface area contributed by atoms with E-state index in [1.807, 2.05) is 72.2 Å². The van der Waals surface area contributed by atoms with E-state index in [0.29, 0.717) is 29.1 Å². The number of hydrogen-bond acceptors (Lipinski definition) is 4. The van der Waals surface area contributed by atoms with Crippen LogP contribution in [-0.2, 0) is 13.0 Å². The Bertz CT molecular complexity index is 1470. The van der Waals surface area contributed by atoms with E-state index in [1.54, 1.807) is 0 Å². The lowest BCUT2D eigenvalue weighted by Crippen LogP contribution is -2.24. The van der Waals surface area contributed by atoms with Crippen LogP contribution in [0.1, 0.15) is 34.0 Å². The first kappa shape index (κ1) is 20.7. The topological polar surface area (TPSA) is 85.8 Å². The molecule has 0 atom stereocenters. The summed E-state index contributed by atoms with van der Waals surface area (Å²) in [5.41, 5.74) is 13.7. The second-order valence-corrected chi connectivity index (χ2v) is 8.17. The number of amides is 1. The molecule has 3 N–H and O–H groups in total. The zero-order chi connectivity index (χ0) is 22.9. The van der Waals surface area contributed by atoms with Crippen LogP contribution in [0.4, 0.5) is 5.82 Å². The lowest BCUT2D eigenvalue weighted by molar-refractivity contribution is 0.0953. The number of benzene rings is 3. The summed E-state index contributed by atoms with van der Waals surface area (Å²) in [6.07, 6.45) is 0.944. The number of fused-ring (bicyclic) bond motifs is 2. The average molecular weight is 436 g/mol. The number of nitrogens with two attached hydrogens (primary N) is 1. The van der Waals surface area contributed by atoms with Gasteiger partial charge < -0.3 is 11.1 Å². The normalized spacial score (nSPS) is 11.2. The molecule has 0 aliphatic carbocycles. The van der Waals surface area contributed by atoms with Gasteiger partial charge in [-0.2, -0.15) is 0 Å². The summed E-state index contributed by atoms with van der Waals surface area (Å²) in [4.78, 5) is 22.9. The molecular formula is C27H25N5O. The van der Waals surface area contributed by atoms with E-state index in [2.05, 4.69) is 24.4 Å². The predicted molar refractivity (Wildman–Crippen MR) is 133 cm³/mol. The number of rotatable bonds is 5. The Kier molecular flexibility index (Phi) is 5.26. The van der Waals surface area contributed by atoms with Gasteiger partial charge in [-0.05, 0) is 48.7 Å². The van der Waals surface area contributed by atoms with Crippen molar-refractivity contribution in [2.24, 2.45) is 0 Å². The molecule has 164 valence electrons. The van der Waals surface area contributed by atoms with Gasteiger partial charge >= 0.3 is 0 Å². The Morgan fingerprint density at radius 1 is 0.909 bits per heavy atom. The molecule has 0 saturated carbocycles. The van der Waals surface area contributed by atoms with Crippen molar-refractivity contribution in [1.29, 1.82) is 0 Å². The third-order valence-electron chi connectivity index (χ3n) is 5.90. The van der Waals surface area contributed by atoms with Crippen LogP contribution in [-0.4, -0.2) is 20.4 Å². The maximum absolute atomic E-state index is 13.3. The van der Waals surface area contributed by atoms with Crippen LogP contribution in [0.3, 0.4) is 0 Å². The Labute approximate surface area is 192 Å². The van der Waals surface area contributed by atoms with E-state index in [1.165, 1.54) is 11.1 Å². The molecule has 0 radical (unpaired) electrons. The van der Waals surface area contributed by atoms with Crippen molar-refractivity contribution in [3.63, 3.8) is 0 Å². The number of carbonyl (C=O) groups is 1. The van der Waals surface area contributed by atoms with Crippen LogP contribution in [0.2, 0.25) is 0 Å². The van der Waals surface area contributed by atoms with E-state index >= 15 is 0 Å². The first-order valence-electron chi connectivity index (χ1n) is 11.0. The molecule has 1 amide bonds. The van der Waals surface area contributed by atoms with Gasteiger partial charge in [0.05, 0.1) is 11.0 Å². The molecule has 2 heterocycles. The molecule has 0 spiro atoms. The predicted octanol–water partition coefficient (Wildman–Crippen LogP) is 4.96. The summed E-state index contributed by atoms with van der Waals surface area (Å²) < 4.78 is 1.81. The number of para-hydroxylation sites is 2. The smallest absolute Gasteiger partial charge is 0.257 e. The molecule has 0 saturated heterocycles. The summed E-state index contributed by atoms with van der Waals surface area (Å²) in [6, 6.07) is 23.8. The highest BCUT2D eigenvalue weighted by atomic mass is 16.1. The molecule has 6 nitrogen and oxygen atoms in total. The van der Waals surface area contributed by atoms with E-state index < -0.39 is 0 Å². The van der Waals surface area contributed by atoms with E-state index in [4.69, 9.17) is 15.7 Å². The molecule has 33 heavy (non-hydrogen) atoms. The number of anilines is 1. The van der Waals surface area contributed by atoms with Crippen molar-refractivity contribution in [3.05, 3.63) is 95.1 Å². The summed E-state index contributed by atoms with van der Waals surface area (Å²) in [5, 5.41) is 3.00. The fourth-order valence-corrected chi connectivity index (χ4v) is 4.00. The fourth-order valence-electron chi connectivity index (χ4n) is 4.00. The molecule has 2 aromatic heterocycles. The molecule has 5 rings (SSSR count). The molecule has 0 fully saturated rings. The third kappa shape index (κ3) is 3.80. The molecule has 0 bridgehead atoms. The van der Waals surface area contributed by atoms with Gasteiger partial charge in [0, 0.05) is 12.2 Å². The number of nitrogen functional groups attached to an aromatic ring is 1. The van der Waals surface area contributed by atoms with Crippen molar-refractivity contribution in [1.82, 2.24) is 19.9 Å². The van der Waals surface area contributed by atoms with Gasteiger partial charge in [0.25, 0.3) is 5.91 Å². The third-order valence-corrected chi connectivity index (χ3v) is 5.90. The van der Waals surface area contributed by atoms with Crippen LogP contribution in [0.25, 0.3) is 27.9 Å². The summed E-state index contributed by atoms with van der Waals surface area (Å²) in [5.74, 6) is 0.0533. The van der Waals surface area contributed by atoms with Crippen LogP contribution >= 0.6 is 0 Å². The molecule has 0 aliphatic heterocycles. The van der Waals surface area contributed by atoms with Crippen LogP contribution in [0, 0.1) is 6.92 Å². The van der Waals surface area contributed by atoms with Gasteiger partial charge in [-0.25, -0.2) is 9.97 Å². The maximum atomic E-state index is 13.3. The summed E-state index contributed by atoms with van der Waals surface area (Å²) in [7, 11) is 0. The Morgan fingerprint density at radius 2 is 1.55 bits per heavy atom. The van der Waals surface area contributed by atoms with Crippen LogP contribution < -0.4 is 11.1 Å². The number of aromatic nitrogens is 3. The van der Waals surface area contributed by atoms with Crippen molar-refractivity contribution >= 4 is 33.9 Å². The van der Waals surface area contributed by atoms with Crippen molar-refractivity contribution < 1.29 is 4.79 Å². The van der Waals surface area contributed by atoms with Gasteiger partial charge in [0.15, 0.2) is 5.65 Å². The number of aryl methyl sites for hydroxylation is 2. The zero-order valence-corrected chi connectivity index (χ0v) is 18.7. The minimum Gasteiger partial charge on any atom is -0.384 e. The van der Waals surface area contributed by atoms with Gasteiger partial charge in [-0.3, -0.25) is 9.36 Å². The van der Waals surface area contributed by atoms with Gasteiger partial charge in [0.1, 0.15) is 16.9 Å². The number of nitrogens with one attached hydrogen (secondary N) is 1. The standard InChI is InChI=1S/C27H25N5O/c1-3-18-12-14-20(15-13-18)32-25(28)23(27(33)29-16-19-10-8-17(2)9-11-19)24-26(32)31-22-7-5-4-6-21(22)30-24/h4-15H,3,16,28H2,1-2H3,(H,29,33). The van der Waals surface area contributed by atoms with Crippen LogP contribution in [0.15, 0.2) is 72.8 Å². The molecular weight excluding hydrogens is 410 g/mol. The second kappa shape index (κ2) is 8.39. The van der Waals surface area contributed by atoms with Crippen molar-refractivity contribution in [3.8, 4) is 5.69 Å². The SMILES string of the molecule is CCc1ccc(-n2c(N)c(C(=O)NCc3ccc(C)cc3)c3nc4ccccc4nc32)cc1. The zero-order valence-electron chi connectivity index (χ0n) is 18.7. The van der Waals surface area contributed by atoms with E-state index in [0.717, 1.165) is 28.7 Å². The molecule has 6 heteroatoms. The monoisotopic (exact) mass is 435 g/mol. The summed E-state index contributed by atoms with van der Waals surface area (Å²) >= 11 is 0. The lowest BCUT2D eigenvalue weighted by Gasteiger charge is -2.09. The number of nitrogens with zero attached hydrogens (tertiary/aromatic N) is 3. The highest BCUT2D eigenvalue weighted by Crippen LogP contribution is 2.31. The Balaban J connectivity index is 1.63. The highest BCUT2D eigenvalue weighted by molar-refractivity contribution is 6.11. The average Bonchev–Trinajstić information content (AvgIpc) is 3.12. The minimum atomic E-state index is -0.272. The molecule has 0 aliphatic rings. The van der Waals surface area contributed by atoms with E-state index in [9.17, 15) is 4.79 Å². The minimum absolute atomic E-state index is 0.272. The van der Waals surface area contributed by atoms with Crippen LogP contribution in [0.5, 0.6) is 0 Å². The quantitative estimate of drug-likeness (QED) is 0.409. The molecule has 0 unspecified atom stereocenters. The fraction of sp³-hybridized carbons (Fsp3) is 0.148. The van der Waals surface area contributed by atoms with Crippen molar-refractivity contribution in [2.45, 2.75) is 26.8 Å². The summed E-state index contributed by atoms with van der Waals surface area (Å²) in [6.45, 7) is 4.55. The number of hydrogen-bond donors (Lipinski definition) is 2. The second-order valence-electron chi connectivity index (χ2n) is 8.17. The van der Waals surface area contributed by atoms with Gasteiger partial charge in [0.2, 0.25) is 0 Å². The largest absolute Gasteiger partial charge is 0.384 e.